The summed E-state index contributed by atoms with van der Waals surface area (Å²) in [7, 11) is 0. The second-order valence-electron chi connectivity index (χ2n) is 5.77. The minimum Gasteiger partial charge on any atom is -0.347 e. The molecule has 0 bridgehead atoms. The second kappa shape index (κ2) is 6.22. The summed E-state index contributed by atoms with van der Waals surface area (Å²) in [5.41, 5.74) is 4.83. The van der Waals surface area contributed by atoms with Crippen LogP contribution in [0.5, 0.6) is 0 Å². The van der Waals surface area contributed by atoms with Gasteiger partial charge in [0.25, 0.3) is 5.91 Å². The second-order valence-corrected chi connectivity index (χ2v) is 6.21. The number of nitrogens with one attached hydrogen (secondary N) is 2. The molecule has 0 aliphatic heterocycles. The molecule has 1 amide bonds. The largest absolute Gasteiger partial charge is 0.347 e. The minimum absolute atomic E-state index is 0.156. The molecule has 3 heterocycles. The van der Waals surface area contributed by atoms with E-state index in [2.05, 4.69) is 20.3 Å². The van der Waals surface area contributed by atoms with E-state index in [9.17, 15) is 4.79 Å². The van der Waals surface area contributed by atoms with Crippen molar-refractivity contribution in [3.05, 3.63) is 64.8 Å². The molecule has 25 heavy (non-hydrogen) atoms. The molecule has 1 aromatic carbocycles. The third-order valence-electron chi connectivity index (χ3n) is 4.15. The molecule has 0 saturated heterocycles. The molecule has 0 fully saturated rings. The summed E-state index contributed by atoms with van der Waals surface area (Å²) in [6.07, 6.45) is 4.10. The number of rotatable bonds is 4. The number of aromatic amines is 1. The maximum absolute atomic E-state index is 12.7. The quantitative estimate of drug-likeness (QED) is 0.590. The van der Waals surface area contributed by atoms with Crippen LogP contribution in [0, 0.1) is 0 Å². The Morgan fingerprint density at radius 3 is 3.04 bits per heavy atom. The van der Waals surface area contributed by atoms with Crippen molar-refractivity contribution in [3.8, 4) is 0 Å². The Labute approximate surface area is 148 Å². The number of hydrogen-bond acceptors (Lipinski definition) is 3. The molecule has 3 aromatic heterocycles. The maximum Gasteiger partial charge on any atom is 0.270 e. The van der Waals surface area contributed by atoms with Crippen molar-refractivity contribution in [1.29, 1.82) is 0 Å². The molecule has 0 unspecified atom stereocenters. The summed E-state index contributed by atoms with van der Waals surface area (Å²) in [6, 6.07) is 9.37. The molecule has 6 nitrogen and oxygen atoms in total. The molecule has 126 valence electrons. The molecule has 2 N–H and O–H groups in total. The highest BCUT2D eigenvalue weighted by molar-refractivity contribution is 6.30. The first-order valence-corrected chi connectivity index (χ1v) is 8.40. The Balaban J connectivity index is 1.61. The molecule has 0 saturated carbocycles. The van der Waals surface area contributed by atoms with Crippen LogP contribution in [0.1, 0.15) is 28.7 Å². The number of imidazole rings is 2. The van der Waals surface area contributed by atoms with Crippen LogP contribution in [-0.4, -0.2) is 25.3 Å². The Bertz CT molecular complexity index is 1080. The minimum atomic E-state index is -0.156. The van der Waals surface area contributed by atoms with Crippen molar-refractivity contribution in [3.63, 3.8) is 0 Å². The van der Waals surface area contributed by atoms with Crippen LogP contribution < -0.4 is 5.32 Å². The van der Waals surface area contributed by atoms with Crippen LogP contribution in [0.4, 0.5) is 0 Å². The summed E-state index contributed by atoms with van der Waals surface area (Å²) < 4.78 is 1.78. The number of hydrogen-bond donors (Lipinski definition) is 2. The average molecular weight is 354 g/mol. The summed E-state index contributed by atoms with van der Waals surface area (Å²) in [4.78, 5) is 24.5. The number of H-pyrrole nitrogens is 1. The van der Waals surface area contributed by atoms with Crippen molar-refractivity contribution < 1.29 is 4.79 Å². The van der Waals surface area contributed by atoms with Crippen molar-refractivity contribution in [1.82, 2.24) is 24.7 Å². The van der Waals surface area contributed by atoms with Crippen LogP contribution >= 0.6 is 11.6 Å². The summed E-state index contributed by atoms with van der Waals surface area (Å²) in [5.74, 6) is -0.156. The Hall–Kier alpha value is -2.86. The van der Waals surface area contributed by atoms with E-state index in [1.165, 1.54) is 0 Å². The lowest BCUT2D eigenvalue weighted by Gasteiger charge is -2.07. The predicted octanol–water partition coefficient (Wildman–Crippen LogP) is 3.36. The van der Waals surface area contributed by atoms with Crippen molar-refractivity contribution in [2.45, 2.75) is 19.9 Å². The van der Waals surface area contributed by atoms with Gasteiger partial charge in [-0.2, -0.15) is 0 Å². The van der Waals surface area contributed by atoms with Crippen molar-refractivity contribution in [2.75, 3.05) is 0 Å². The zero-order valence-electron chi connectivity index (χ0n) is 13.6. The van der Waals surface area contributed by atoms with Crippen molar-refractivity contribution in [2.24, 2.45) is 0 Å². The van der Waals surface area contributed by atoms with Gasteiger partial charge in [-0.25, -0.2) is 9.97 Å². The van der Waals surface area contributed by atoms with Gasteiger partial charge in [-0.15, -0.1) is 0 Å². The van der Waals surface area contributed by atoms with Gasteiger partial charge >= 0.3 is 0 Å². The molecule has 4 rings (SSSR count). The van der Waals surface area contributed by atoms with Gasteiger partial charge in [-0.3, -0.25) is 9.20 Å². The van der Waals surface area contributed by atoms with Gasteiger partial charge in [0, 0.05) is 23.8 Å². The van der Waals surface area contributed by atoms with Crippen LogP contribution in [0.3, 0.4) is 0 Å². The van der Waals surface area contributed by atoms with Crippen LogP contribution in [0.2, 0.25) is 5.02 Å². The average Bonchev–Trinajstić information content (AvgIpc) is 3.22. The number of carbonyl (C=O) groups excluding carboxylic acids is 1. The molecule has 0 aliphatic rings. The van der Waals surface area contributed by atoms with Gasteiger partial charge in [-0.05, 0) is 30.2 Å². The van der Waals surface area contributed by atoms with E-state index >= 15 is 0 Å². The first-order valence-electron chi connectivity index (χ1n) is 8.02. The number of pyridine rings is 1. The SMILES string of the molecule is CCc1nc2cc(Cl)ccn2c1C(=O)NCc1ccc2nc[nH]c2c1. The monoisotopic (exact) mass is 353 g/mol. The fourth-order valence-corrected chi connectivity index (χ4v) is 3.07. The number of amides is 1. The number of benzene rings is 1. The smallest absolute Gasteiger partial charge is 0.270 e. The number of fused-ring (bicyclic) bond motifs is 2. The standard InChI is InChI=1S/C18H16ClN5O/c1-2-13-17(24-6-5-12(19)8-16(24)23-13)18(25)20-9-11-3-4-14-15(7-11)22-10-21-14/h3-8,10H,2,9H2,1H3,(H,20,25)(H,21,22). The van der Waals surface area contributed by atoms with Gasteiger partial charge in [0.1, 0.15) is 11.3 Å². The maximum atomic E-state index is 12.7. The highest BCUT2D eigenvalue weighted by Gasteiger charge is 2.18. The van der Waals surface area contributed by atoms with Crippen molar-refractivity contribution >= 4 is 34.2 Å². The lowest BCUT2D eigenvalue weighted by atomic mass is 10.2. The molecule has 0 atom stereocenters. The highest BCUT2D eigenvalue weighted by Crippen LogP contribution is 2.18. The first kappa shape index (κ1) is 15.7. The number of aryl methyl sites for hydroxylation is 1. The lowest BCUT2D eigenvalue weighted by Crippen LogP contribution is -2.25. The van der Waals surface area contributed by atoms with E-state index in [-0.39, 0.29) is 5.91 Å². The highest BCUT2D eigenvalue weighted by atomic mass is 35.5. The fraction of sp³-hybridized carbons (Fsp3) is 0.167. The third-order valence-corrected chi connectivity index (χ3v) is 4.38. The number of aromatic nitrogens is 4. The first-order chi connectivity index (χ1) is 12.2. The normalized spacial score (nSPS) is 11.3. The van der Waals surface area contributed by atoms with E-state index < -0.39 is 0 Å². The number of halogens is 1. The number of nitrogens with zero attached hydrogens (tertiary/aromatic N) is 3. The van der Waals surface area contributed by atoms with E-state index in [1.54, 1.807) is 29.1 Å². The zero-order valence-corrected chi connectivity index (χ0v) is 14.3. The van der Waals surface area contributed by atoms with E-state index in [0.29, 0.717) is 29.3 Å². The van der Waals surface area contributed by atoms with E-state index in [4.69, 9.17) is 11.6 Å². The van der Waals surface area contributed by atoms with Gasteiger partial charge in [0.2, 0.25) is 0 Å². The summed E-state index contributed by atoms with van der Waals surface area (Å²) >= 11 is 6.02. The molecule has 0 spiro atoms. The van der Waals surface area contributed by atoms with E-state index in [1.807, 2.05) is 25.1 Å². The molecular formula is C18H16ClN5O. The molecular weight excluding hydrogens is 338 g/mol. The molecule has 0 aliphatic carbocycles. The zero-order chi connectivity index (χ0) is 17.4. The van der Waals surface area contributed by atoms with Crippen LogP contribution in [-0.2, 0) is 13.0 Å². The van der Waals surface area contributed by atoms with E-state index in [0.717, 1.165) is 22.3 Å². The summed E-state index contributed by atoms with van der Waals surface area (Å²) in [5, 5.41) is 3.57. The number of carbonyl (C=O) groups is 1. The fourth-order valence-electron chi connectivity index (χ4n) is 2.91. The summed E-state index contributed by atoms with van der Waals surface area (Å²) in [6.45, 7) is 2.41. The molecule has 4 aromatic rings. The van der Waals surface area contributed by atoms with Gasteiger partial charge in [0.05, 0.1) is 23.1 Å². The molecule has 7 heteroatoms. The molecule has 0 radical (unpaired) electrons. The Morgan fingerprint density at radius 1 is 1.32 bits per heavy atom. The van der Waals surface area contributed by atoms with Crippen LogP contribution in [0.25, 0.3) is 16.7 Å². The topological polar surface area (TPSA) is 75.1 Å². The van der Waals surface area contributed by atoms with Gasteiger partial charge in [-0.1, -0.05) is 24.6 Å². The van der Waals surface area contributed by atoms with Gasteiger partial charge < -0.3 is 10.3 Å². The van der Waals surface area contributed by atoms with Gasteiger partial charge in [0.15, 0.2) is 0 Å². The Morgan fingerprint density at radius 2 is 2.20 bits per heavy atom. The third kappa shape index (κ3) is 2.85. The predicted molar refractivity (Wildman–Crippen MR) is 96.8 cm³/mol. The lowest BCUT2D eigenvalue weighted by molar-refractivity contribution is 0.0944. The Kier molecular flexibility index (Phi) is 3.89. The van der Waals surface area contributed by atoms with Crippen LogP contribution in [0.15, 0.2) is 42.9 Å².